The molecule has 0 aromatic carbocycles. The Morgan fingerprint density at radius 1 is 1.39 bits per heavy atom. The zero-order valence-electron chi connectivity index (χ0n) is 11.4. The number of aromatic nitrogens is 2. The fourth-order valence-corrected chi connectivity index (χ4v) is 2.17. The first kappa shape index (κ1) is 13.4. The first-order chi connectivity index (χ1) is 8.75. The Bertz CT molecular complexity index is 345. The summed E-state index contributed by atoms with van der Waals surface area (Å²) in [5.74, 6) is 1.62. The van der Waals surface area contributed by atoms with Crippen molar-refractivity contribution >= 4 is 5.95 Å². The number of hydrogen-bond donors (Lipinski definition) is 1. The van der Waals surface area contributed by atoms with Gasteiger partial charge in [0.1, 0.15) is 0 Å². The lowest BCUT2D eigenvalue weighted by molar-refractivity contribution is 0.0398. The van der Waals surface area contributed by atoms with Crippen LogP contribution in [0.3, 0.4) is 0 Å². The van der Waals surface area contributed by atoms with Gasteiger partial charge in [-0.25, -0.2) is 4.98 Å². The molecule has 0 spiro atoms. The molecule has 0 radical (unpaired) electrons. The van der Waals surface area contributed by atoms with Crippen LogP contribution in [0.15, 0.2) is 12.4 Å². The lowest BCUT2D eigenvalue weighted by atomic mass is 10.2. The number of nitrogens with one attached hydrogen (secondary N) is 1. The van der Waals surface area contributed by atoms with Crippen molar-refractivity contribution in [3.05, 3.63) is 12.4 Å². The first-order valence-corrected chi connectivity index (χ1v) is 6.81. The van der Waals surface area contributed by atoms with Gasteiger partial charge in [0.05, 0.1) is 13.2 Å². The van der Waals surface area contributed by atoms with Crippen molar-refractivity contribution in [3.8, 4) is 0 Å². The second kappa shape index (κ2) is 6.75. The predicted molar refractivity (Wildman–Crippen MR) is 72.8 cm³/mol. The van der Waals surface area contributed by atoms with Crippen molar-refractivity contribution in [2.75, 3.05) is 44.7 Å². The molecule has 1 N–H and O–H groups in total. The van der Waals surface area contributed by atoms with Crippen LogP contribution < -0.4 is 5.32 Å². The van der Waals surface area contributed by atoms with E-state index >= 15 is 0 Å². The molecular weight excluding hydrogens is 228 g/mol. The van der Waals surface area contributed by atoms with E-state index in [0.717, 1.165) is 51.9 Å². The van der Waals surface area contributed by atoms with Gasteiger partial charge in [-0.1, -0.05) is 13.8 Å². The van der Waals surface area contributed by atoms with Gasteiger partial charge in [0.2, 0.25) is 5.95 Å². The zero-order chi connectivity index (χ0) is 12.8. The molecule has 5 nitrogen and oxygen atoms in total. The lowest BCUT2D eigenvalue weighted by Crippen LogP contribution is -2.39. The second-order valence-electron chi connectivity index (χ2n) is 5.18. The van der Waals surface area contributed by atoms with Crippen molar-refractivity contribution in [2.24, 2.45) is 5.92 Å². The van der Waals surface area contributed by atoms with Gasteiger partial charge in [-0.05, 0) is 5.92 Å². The maximum absolute atomic E-state index is 5.34. The zero-order valence-corrected chi connectivity index (χ0v) is 11.4. The number of anilines is 1. The standard InChI is InChI=1S/C13H24N4O/c1-12(2)11-17-6-4-15-13(17)14-3-5-16-7-9-18-10-8-16/h4,6,12H,3,5,7-11H2,1-2H3,(H,14,15). The normalized spacial score (nSPS) is 17.3. The molecule has 0 saturated carbocycles. The van der Waals surface area contributed by atoms with Crippen LogP contribution in [0.4, 0.5) is 5.95 Å². The number of nitrogens with zero attached hydrogens (tertiary/aromatic N) is 3. The highest BCUT2D eigenvalue weighted by molar-refractivity contribution is 5.25. The van der Waals surface area contributed by atoms with Crippen LogP contribution in [-0.2, 0) is 11.3 Å². The van der Waals surface area contributed by atoms with Crippen molar-refractivity contribution in [3.63, 3.8) is 0 Å². The Morgan fingerprint density at radius 3 is 2.89 bits per heavy atom. The van der Waals surface area contributed by atoms with E-state index < -0.39 is 0 Å². The molecule has 2 rings (SSSR count). The summed E-state index contributed by atoms with van der Waals surface area (Å²) >= 11 is 0. The van der Waals surface area contributed by atoms with Crippen molar-refractivity contribution in [1.29, 1.82) is 0 Å². The second-order valence-corrected chi connectivity index (χ2v) is 5.18. The average Bonchev–Trinajstić information content (AvgIpc) is 2.77. The van der Waals surface area contributed by atoms with Crippen molar-refractivity contribution in [2.45, 2.75) is 20.4 Å². The summed E-state index contributed by atoms with van der Waals surface area (Å²) in [6.07, 6.45) is 3.90. The van der Waals surface area contributed by atoms with E-state index in [1.54, 1.807) is 0 Å². The SMILES string of the molecule is CC(C)Cn1ccnc1NCCN1CCOCC1. The van der Waals surface area contributed by atoms with Gasteiger partial charge in [-0.15, -0.1) is 0 Å². The molecule has 1 saturated heterocycles. The van der Waals surface area contributed by atoms with Crippen molar-refractivity contribution < 1.29 is 4.74 Å². The monoisotopic (exact) mass is 252 g/mol. The minimum Gasteiger partial charge on any atom is -0.379 e. The number of hydrogen-bond acceptors (Lipinski definition) is 4. The van der Waals surface area contributed by atoms with Gasteiger partial charge in [0, 0.05) is 45.1 Å². The van der Waals surface area contributed by atoms with E-state index in [-0.39, 0.29) is 0 Å². The maximum Gasteiger partial charge on any atom is 0.202 e. The van der Waals surface area contributed by atoms with E-state index in [0.29, 0.717) is 5.92 Å². The van der Waals surface area contributed by atoms with Gasteiger partial charge in [0.15, 0.2) is 0 Å². The molecule has 1 aliphatic rings. The Balaban J connectivity index is 1.74. The largest absolute Gasteiger partial charge is 0.379 e. The Labute approximate surface area is 109 Å². The van der Waals surface area contributed by atoms with Gasteiger partial charge in [-0.3, -0.25) is 4.90 Å². The van der Waals surface area contributed by atoms with E-state index in [4.69, 9.17) is 4.74 Å². The molecule has 0 unspecified atom stereocenters. The van der Waals surface area contributed by atoms with Crippen LogP contribution in [0.1, 0.15) is 13.8 Å². The minimum absolute atomic E-state index is 0.638. The predicted octanol–water partition coefficient (Wildman–Crippen LogP) is 1.28. The van der Waals surface area contributed by atoms with Crippen LogP contribution in [0.5, 0.6) is 0 Å². The smallest absolute Gasteiger partial charge is 0.202 e. The third-order valence-corrected chi connectivity index (χ3v) is 3.09. The fraction of sp³-hybridized carbons (Fsp3) is 0.769. The molecule has 0 bridgehead atoms. The Hall–Kier alpha value is -1.07. The van der Waals surface area contributed by atoms with Crippen LogP contribution in [-0.4, -0.2) is 53.8 Å². The highest BCUT2D eigenvalue weighted by atomic mass is 16.5. The molecule has 1 aromatic heterocycles. The quantitative estimate of drug-likeness (QED) is 0.828. The summed E-state index contributed by atoms with van der Waals surface area (Å²) in [5, 5.41) is 3.42. The Kier molecular flexibility index (Phi) is 5.01. The molecule has 2 heterocycles. The summed E-state index contributed by atoms with van der Waals surface area (Å²) in [4.78, 5) is 6.78. The first-order valence-electron chi connectivity index (χ1n) is 6.81. The molecule has 0 amide bonds. The molecule has 0 aliphatic carbocycles. The van der Waals surface area contributed by atoms with Crippen LogP contribution >= 0.6 is 0 Å². The minimum atomic E-state index is 0.638. The van der Waals surface area contributed by atoms with Crippen LogP contribution in [0.2, 0.25) is 0 Å². The van der Waals surface area contributed by atoms with Crippen LogP contribution in [0.25, 0.3) is 0 Å². The van der Waals surface area contributed by atoms with Gasteiger partial charge in [0.25, 0.3) is 0 Å². The van der Waals surface area contributed by atoms with Gasteiger partial charge >= 0.3 is 0 Å². The topological polar surface area (TPSA) is 42.3 Å². The third-order valence-electron chi connectivity index (χ3n) is 3.09. The molecule has 5 heteroatoms. The van der Waals surface area contributed by atoms with E-state index in [2.05, 4.69) is 33.6 Å². The lowest BCUT2D eigenvalue weighted by Gasteiger charge is -2.26. The summed E-state index contributed by atoms with van der Waals surface area (Å²) < 4.78 is 7.52. The average molecular weight is 252 g/mol. The van der Waals surface area contributed by atoms with E-state index in [1.807, 2.05) is 12.4 Å². The van der Waals surface area contributed by atoms with E-state index in [9.17, 15) is 0 Å². The van der Waals surface area contributed by atoms with Crippen LogP contribution in [0, 0.1) is 5.92 Å². The molecule has 102 valence electrons. The molecule has 1 aliphatic heterocycles. The summed E-state index contributed by atoms with van der Waals surface area (Å²) in [5.41, 5.74) is 0. The number of rotatable bonds is 6. The number of imidazole rings is 1. The highest BCUT2D eigenvalue weighted by Gasteiger charge is 2.10. The molecular formula is C13H24N4O. The summed E-state index contributed by atoms with van der Waals surface area (Å²) in [6, 6.07) is 0. The van der Waals surface area contributed by atoms with Gasteiger partial charge < -0.3 is 14.6 Å². The molecule has 1 aromatic rings. The molecule has 1 fully saturated rings. The molecule has 18 heavy (non-hydrogen) atoms. The number of morpholine rings is 1. The fourth-order valence-electron chi connectivity index (χ4n) is 2.17. The maximum atomic E-state index is 5.34. The third kappa shape index (κ3) is 3.99. The van der Waals surface area contributed by atoms with Crippen molar-refractivity contribution in [1.82, 2.24) is 14.5 Å². The van der Waals surface area contributed by atoms with E-state index in [1.165, 1.54) is 0 Å². The molecule has 0 atom stereocenters. The number of ether oxygens (including phenoxy) is 1. The highest BCUT2D eigenvalue weighted by Crippen LogP contribution is 2.08. The Morgan fingerprint density at radius 2 is 2.17 bits per heavy atom. The summed E-state index contributed by atoms with van der Waals surface area (Å²) in [7, 11) is 0. The van der Waals surface area contributed by atoms with Gasteiger partial charge in [-0.2, -0.15) is 0 Å². The summed E-state index contributed by atoms with van der Waals surface area (Å²) in [6.45, 7) is 11.3.